The van der Waals surface area contributed by atoms with Gasteiger partial charge in [0, 0.05) is 13.6 Å². The molecule has 0 bridgehead atoms. The first-order valence-corrected chi connectivity index (χ1v) is 5.83. The fourth-order valence-electron chi connectivity index (χ4n) is 1.97. The highest BCUT2D eigenvalue weighted by Gasteiger charge is 2.27. The molecule has 96 valence electrons. The van der Waals surface area contributed by atoms with Gasteiger partial charge in [-0.05, 0) is 12.8 Å². The predicted octanol–water partition coefficient (Wildman–Crippen LogP) is 0.276. The third-order valence-corrected chi connectivity index (χ3v) is 2.87. The van der Waals surface area contributed by atoms with Crippen LogP contribution in [0.25, 0.3) is 0 Å². The molecule has 0 unspecified atom stereocenters. The number of imidazole rings is 1. The summed E-state index contributed by atoms with van der Waals surface area (Å²) in [6.45, 7) is 0.631. The first-order chi connectivity index (χ1) is 8.83. The highest BCUT2D eigenvalue weighted by molar-refractivity contribution is 5.80. The number of nitrogens with zero attached hydrogens (tertiary/aromatic N) is 3. The van der Waals surface area contributed by atoms with E-state index in [-0.39, 0.29) is 12.2 Å². The second-order valence-electron chi connectivity index (χ2n) is 4.02. The summed E-state index contributed by atoms with van der Waals surface area (Å²) < 4.78 is 5.88. The highest BCUT2D eigenvalue weighted by Crippen LogP contribution is 2.30. The molecule has 18 heavy (non-hydrogen) atoms. The number of aliphatic imine (C=N–C) groups is 1. The summed E-state index contributed by atoms with van der Waals surface area (Å²) in [6.07, 6.45) is 7.42. The number of aromatic nitrogens is 2. The van der Waals surface area contributed by atoms with E-state index in [4.69, 9.17) is 10.00 Å². The van der Waals surface area contributed by atoms with Gasteiger partial charge in [-0.1, -0.05) is 0 Å². The standard InChI is InChI=1S/C11H16N6O/c1-13-11(16-6-12)15-4-8-2-3-10(18-8)9-5-14-7-17-9/h5,7-8,10H,2-4H2,1H3,(H,14,17)(H2,13,15,16)/t8-,10-/m0/s1. The van der Waals surface area contributed by atoms with Gasteiger partial charge in [-0.3, -0.25) is 10.3 Å². The average Bonchev–Trinajstić information content (AvgIpc) is 3.04. The Bertz CT molecular complexity index is 435. The van der Waals surface area contributed by atoms with Gasteiger partial charge in [0.25, 0.3) is 0 Å². The normalized spacial score (nSPS) is 23.7. The van der Waals surface area contributed by atoms with E-state index in [0.29, 0.717) is 12.5 Å². The van der Waals surface area contributed by atoms with Crippen molar-refractivity contribution in [1.82, 2.24) is 20.6 Å². The summed E-state index contributed by atoms with van der Waals surface area (Å²) in [7, 11) is 1.62. The number of nitriles is 1. The number of H-pyrrole nitrogens is 1. The topological polar surface area (TPSA) is 98.1 Å². The lowest BCUT2D eigenvalue weighted by atomic mass is 10.1. The quantitative estimate of drug-likeness (QED) is 0.309. The van der Waals surface area contributed by atoms with Crippen LogP contribution in [-0.2, 0) is 4.74 Å². The average molecular weight is 248 g/mol. The van der Waals surface area contributed by atoms with Gasteiger partial charge in [-0.25, -0.2) is 4.98 Å². The Morgan fingerprint density at radius 3 is 3.28 bits per heavy atom. The second-order valence-corrected chi connectivity index (χ2v) is 4.02. The Balaban J connectivity index is 1.78. The largest absolute Gasteiger partial charge is 0.367 e. The molecule has 0 saturated carbocycles. The van der Waals surface area contributed by atoms with E-state index in [1.807, 2.05) is 6.19 Å². The lowest BCUT2D eigenvalue weighted by molar-refractivity contribution is 0.0452. The third-order valence-electron chi connectivity index (χ3n) is 2.87. The van der Waals surface area contributed by atoms with E-state index < -0.39 is 0 Å². The minimum Gasteiger partial charge on any atom is -0.367 e. The van der Waals surface area contributed by atoms with E-state index in [9.17, 15) is 0 Å². The SMILES string of the molecule is CN=C(NC#N)NC[C@@H]1CC[C@@H](c2cnc[nH]2)O1. The number of aromatic amines is 1. The van der Waals surface area contributed by atoms with Gasteiger partial charge in [0.1, 0.15) is 0 Å². The van der Waals surface area contributed by atoms with Gasteiger partial charge in [-0.15, -0.1) is 0 Å². The van der Waals surface area contributed by atoms with Gasteiger partial charge in [0.15, 0.2) is 6.19 Å². The number of guanidine groups is 1. The Kier molecular flexibility index (Phi) is 4.15. The lowest BCUT2D eigenvalue weighted by Gasteiger charge is -2.14. The van der Waals surface area contributed by atoms with E-state index in [0.717, 1.165) is 18.5 Å². The zero-order valence-electron chi connectivity index (χ0n) is 10.2. The van der Waals surface area contributed by atoms with E-state index in [1.54, 1.807) is 19.6 Å². The Hall–Kier alpha value is -2.07. The number of nitrogens with one attached hydrogen (secondary N) is 3. The predicted molar refractivity (Wildman–Crippen MR) is 65.5 cm³/mol. The highest BCUT2D eigenvalue weighted by atomic mass is 16.5. The Morgan fingerprint density at radius 1 is 1.72 bits per heavy atom. The fourth-order valence-corrected chi connectivity index (χ4v) is 1.97. The number of rotatable bonds is 3. The van der Waals surface area contributed by atoms with Crippen molar-refractivity contribution in [2.45, 2.75) is 25.0 Å². The molecule has 0 spiro atoms. The number of hydrogen-bond donors (Lipinski definition) is 3. The summed E-state index contributed by atoms with van der Waals surface area (Å²) in [6, 6.07) is 0. The molecule has 1 aromatic rings. The van der Waals surface area contributed by atoms with Crippen LogP contribution in [0.2, 0.25) is 0 Å². The smallest absolute Gasteiger partial charge is 0.204 e. The van der Waals surface area contributed by atoms with Crippen molar-refractivity contribution < 1.29 is 4.74 Å². The summed E-state index contributed by atoms with van der Waals surface area (Å²) in [5.41, 5.74) is 1.01. The van der Waals surface area contributed by atoms with Crippen molar-refractivity contribution in [3.8, 4) is 6.19 Å². The molecule has 2 rings (SSSR count). The number of hydrogen-bond acceptors (Lipinski definition) is 4. The molecule has 1 saturated heterocycles. The van der Waals surface area contributed by atoms with Crippen LogP contribution in [0.4, 0.5) is 0 Å². The van der Waals surface area contributed by atoms with Crippen LogP contribution in [0, 0.1) is 11.5 Å². The van der Waals surface area contributed by atoms with Gasteiger partial charge < -0.3 is 15.0 Å². The van der Waals surface area contributed by atoms with Crippen molar-refractivity contribution in [3.05, 3.63) is 18.2 Å². The van der Waals surface area contributed by atoms with E-state index >= 15 is 0 Å². The van der Waals surface area contributed by atoms with E-state index in [1.165, 1.54) is 0 Å². The molecule has 1 aliphatic rings. The van der Waals surface area contributed by atoms with Crippen LogP contribution in [-0.4, -0.2) is 35.6 Å². The molecule has 0 aliphatic carbocycles. The molecular weight excluding hydrogens is 232 g/mol. The summed E-state index contributed by atoms with van der Waals surface area (Å²) in [5, 5.41) is 14.0. The van der Waals surface area contributed by atoms with Crippen LogP contribution < -0.4 is 10.6 Å². The molecule has 2 heterocycles. The molecule has 1 aromatic heterocycles. The van der Waals surface area contributed by atoms with Crippen LogP contribution >= 0.6 is 0 Å². The molecule has 0 radical (unpaired) electrons. The zero-order valence-corrected chi connectivity index (χ0v) is 10.2. The van der Waals surface area contributed by atoms with Crippen molar-refractivity contribution in [3.63, 3.8) is 0 Å². The van der Waals surface area contributed by atoms with Crippen molar-refractivity contribution in [2.75, 3.05) is 13.6 Å². The first kappa shape index (κ1) is 12.4. The summed E-state index contributed by atoms with van der Waals surface area (Å²) >= 11 is 0. The van der Waals surface area contributed by atoms with Crippen molar-refractivity contribution in [1.29, 1.82) is 5.26 Å². The summed E-state index contributed by atoms with van der Waals surface area (Å²) in [4.78, 5) is 11.0. The number of ether oxygens (including phenoxy) is 1. The molecule has 0 amide bonds. The van der Waals surface area contributed by atoms with Gasteiger partial charge in [-0.2, -0.15) is 5.26 Å². The molecule has 1 aliphatic heterocycles. The molecular formula is C11H16N6O. The monoisotopic (exact) mass is 248 g/mol. The maximum absolute atomic E-state index is 8.50. The Labute approximate surface area is 105 Å². The molecule has 3 N–H and O–H groups in total. The van der Waals surface area contributed by atoms with E-state index in [2.05, 4.69) is 25.6 Å². The first-order valence-electron chi connectivity index (χ1n) is 5.83. The Morgan fingerprint density at radius 2 is 2.61 bits per heavy atom. The maximum Gasteiger partial charge on any atom is 0.204 e. The van der Waals surface area contributed by atoms with Crippen molar-refractivity contribution in [2.24, 2.45) is 4.99 Å². The zero-order chi connectivity index (χ0) is 12.8. The fraction of sp³-hybridized carbons (Fsp3) is 0.545. The third kappa shape index (κ3) is 2.99. The lowest BCUT2D eigenvalue weighted by Crippen LogP contribution is -2.38. The molecule has 1 fully saturated rings. The van der Waals surface area contributed by atoms with Crippen LogP contribution in [0.1, 0.15) is 24.6 Å². The minimum atomic E-state index is 0.0882. The molecule has 7 heteroatoms. The van der Waals surface area contributed by atoms with Crippen LogP contribution in [0.3, 0.4) is 0 Å². The summed E-state index contributed by atoms with van der Waals surface area (Å²) in [5.74, 6) is 0.464. The molecule has 2 atom stereocenters. The van der Waals surface area contributed by atoms with Gasteiger partial charge >= 0.3 is 0 Å². The van der Waals surface area contributed by atoms with Crippen LogP contribution in [0.15, 0.2) is 17.5 Å². The van der Waals surface area contributed by atoms with Gasteiger partial charge in [0.2, 0.25) is 5.96 Å². The molecule has 7 nitrogen and oxygen atoms in total. The maximum atomic E-state index is 8.50. The van der Waals surface area contributed by atoms with Crippen molar-refractivity contribution >= 4 is 5.96 Å². The molecule has 0 aromatic carbocycles. The van der Waals surface area contributed by atoms with Crippen LogP contribution in [0.5, 0.6) is 0 Å². The minimum absolute atomic E-state index is 0.0882. The second kappa shape index (κ2) is 6.02. The van der Waals surface area contributed by atoms with Gasteiger partial charge in [0.05, 0.1) is 30.4 Å².